The fraction of sp³-hybridized carbons (Fsp3) is 0.364. The van der Waals surface area contributed by atoms with Gasteiger partial charge in [0.2, 0.25) is 0 Å². The van der Waals surface area contributed by atoms with Gasteiger partial charge in [0.25, 0.3) is 0 Å². The molecule has 0 aromatic rings. The zero-order chi connectivity index (χ0) is 13.4. The van der Waals surface area contributed by atoms with Gasteiger partial charge in [-0.3, -0.25) is 4.79 Å². The topological polar surface area (TPSA) is 112 Å². The van der Waals surface area contributed by atoms with E-state index in [4.69, 9.17) is 15.3 Å². The standard InChI is InChI=1S/C11H12O6/c1-5-6(8(12)13)3-4-7(9(14)15)11(5,2)10(16)17/h3-5H,1-2H3,(H,12,13)(H,14,15)(H,16,17). The first kappa shape index (κ1) is 13.0. The summed E-state index contributed by atoms with van der Waals surface area (Å²) in [5.74, 6) is -4.88. The molecule has 0 aromatic heterocycles. The Labute approximate surface area is 96.9 Å². The molecule has 92 valence electrons. The van der Waals surface area contributed by atoms with Crippen LogP contribution < -0.4 is 0 Å². The van der Waals surface area contributed by atoms with Gasteiger partial charge in [-0.15, -0.1) is 0 Å². The third-order valence-electron chi connectivity index (χ3n) is 3.24. The molecule has 0 aliphatic heterocycles. The van der Waals surface area contributed by atoms with Crippen molar-refractivity contribution in [1.29, 1.82) is 0 Å². The largest absolute Gasteiger partial charge is 0.481 e. The molecule has 6 heteroatoms. The summed E-state index contributed by atoms with van der Waals surface area (Å²) in [7, 11) is 0. The van der Waals surface area contributed by atoms with E-state index in [2.05, 4.69) is 0 Å². The number of carbonyl (C=O) groups is 3. The molecule has 2 atom stereocenters. The minimum atomic E-state index is -1.74. The van der Waals surface area contributed by atoms with Gasteiger partial charge in [0.1, 0.15) is 5.41 Å². The maximum Gasteiger partial charge on any atom is 0.332 e. The Morgan fingerprint density at radius 2 is 1.65 bits per heavy atom. The molecule has 0 fully saturated rings. The summed E-state index contributed by atoms with van der Waals surface area (Å²) in [4.78, 5) is 33.1. The Morgan fingerprint density at radius 1 is 1.12 bits per heavy atom. The first-order valence-electron chi connectivity index (χ1n) is 4.85. The van der Waals surface area contributed by atoms with Gasteiger partial charge in [0, 0.05) is 11.5 Å². The quantitative estimate of drug-likeness (QED) is 0.671. The fourth-order valence-corrected chi connectivity index (χ4v) is 1.89. The molecule has 6 nitrogen and oxygen atoms in total. The fourth-order valence-electron chi connectivity index (χ4n) is 1.89. The van der Waals surface area contributed by atoms with E-state index in [0.29, 0.717) is 0 Å². The molecule has 1 aliphatic carbocycles. The van der Waals surface area contributed by atoms with Crippen LogP contribution in [0.1, 0.15) is 13.8 Å². The number of aliphatic carboxylic acids is 3. The number of allylic oxidation sites excluding steroid dienone is 2. The summed E-state index contributed by atoms with van der Waals surface area (Å²) in [6, 6.07) is 0. The molecule has 0 heterocycles. The van der Waals surface area contributed by atoms with Crippen molar-refractivity contribution in [2.75, 3.05) is 0 Å². The maximum absolute atomic E-state index is 11.2. The van der Waals surface area contributed by atoms with E-state index in [0.717, 1.165) is 12.2 Å². The van der Waals surface area contributed by atoms with Crippen LogP contribution in [0.4, 0.5) is 0 Å². The highest BCUT2D eigenvalue weighted by molar-refractivity contribution is 6.00. The van der Waals surface area contributed by atoms with Crippen LogP contribution >= 0.6 is 0 Å². The summed E-state index contributed by atoms with van der Waals surface area (Å²) in [5.41, 5.74) is -2.17. The SMILES string of the molecule is CC1C(C(=O)O)=CC=C(C(=O)O)C1(C)C(=O)O. The predicted octanol–water partition coefficient (Wildman–Crippen LogP) is 0.749. The Hall–Kier alpha value is -2.11. The molecule has 0 radical (unpaired) electrons. The van der Waals surface area contributed by atoms with Crippen LogP contribution in [0.15, 0.2) is 23.3 Å². The molecule has 0 saturated heterocycles. The van der Waals surface area contributed by atoms with E-state index in [1.165, 1.54) is 13.8 Å². The second-order valence-corrected chi connectivity index (χ2v) is 4.04. The zero-order valence-electron chi connectivity index (χ0n) is 9.30. The van der Waals surface area contributed by atoms with Gasteiger partial charge in [-0.25, -0.2) is 9.59 Å². The van der Waals surface area contributed by atoms with E-state index in [1.807, 2.05) is 0 Å². The normalized spacial score (nSPS) is 28.0. The average Bonchev–Trinajstić information content (AvgIpc) is 2.20. The first-order valence-corrected chi connectivity index (χ1v) is 4.85. The lowest BCUT2D eigenvalue weighted by Crippen LogP contribution is -2.42. The molecule has 2 unspecified atom stereocenters. The molecule has 1 aliphatic rings. The van der Waals surface area contributed by atoms with E-state index in [-0.39, 0.29) is 11.1 Å². The summed E-state index contributed by atoms with van der Waals surface area (Å²) >= 11 is 0. The van der Waals surface area contributed by atoms with Gasteiger partial charge < -0.3 is 15.3 Å². The van der Waals surface area contributed by atoms with Crippen molar-refractivity contribution in [3.8, 4) is 0 Å². The molecule has 1 rings (SSSR count). The summed E-state index contributed by atoms with van der Waals surface area (Å²) in [6.07, 6.45) is 2.18. The number of rotatable bonds is 3. The molecular weight excluding hydrogens is 228 g/mol. The van der Waals surface area contributed by atoms with Crippen LogP contribution in [0.2, 0.25) is 0 Å². The predicted molar refractivity (Wildman–Crippen MR) is 56.3 cm³/mol. The van der Waals surface area contributed by atoms with Gasteiger partial charge in [0.15, 0.2) is 0 Å². The Kier molecular flexibility index (Phi) is 3.08. The van der Waals surface area contributed by atoms with E-state index in [9.17, 15) is 14.4 Å². The molecule has 0 saturated carbocycles. The average molecular weight is 240 g/mol. The highest BCUT2D eigenvalue weighted by Gasteiger charge is 2.49. The molecule has 17 heavy (non-hydrogen) atoms. The highest BCUT2D eigenvalue weighted by atomic mass is 16.4. The third kappa shape index (κ3) is 1.82. The number of carboxylic acids is 3. The minimum Gasteiger partial charge on any atom is -0.481 e. The molecular formula is C11H12O6. The first-order chi connectivity index (χ1) is 7.72. The van der Waals surface area contributed by atoms with Crippen molar-refractivity contribution >= 4 is 17.9 Å². The van der Waals surface area contributed by atoms with Crippen LogP contribution in [0.25, 0.3) is 0 Å². The lowest BCUT2D eigenvalue weighted by atomic mass is 9.66. The molecule has 0 spiro atoms. The van der Waals surface area contributed by atoms with Crippen molar-refractivity contribution in [3.05, 3.63) is 23.3 Å². The van der Waals surface area contributed by atoms with Crippen molar-refractivity contribution in [2.24, 2.45) is 11.3 Å². The molecule has 0 aromatic carbocycles. The summed E-state index contributed by atoms with van der Waals surface area (Å²) in [6.45, 7) is 2.61. The summed E-state index contributed by atoms with van der Waals surface area (Å²) in [5, 5.41) is 27.0. The van der Waals surface area contributed by atoms with Crippen molar-refractivity contribution in [1.82, 2.24) is 0 Å². The second kappa shape index (κ2) is 4.04. The minimum absolute atomic E-state index is 0.111. The third-order valence-corrected chi connectivity index (χ3v) is 3.24. The Balaban J connectivity index is 3.44. The lowest BCUT2D eigenvalue weighted by Gasteiger charge is -2.34. The van der Waals surface area contributed by atoms with Gasteiger partial charge in [0.05, 0.1) is 5.57 Å². The van der Waals surface area contributed by atoms with Crippen molar-refractivity contribution in [2.45, 2.75) is 13.8 Å². The molecule has 0 bridgehead atoms. The number of carboxylic acid groups (broad SMARTS) is 3. The van der Waals surface area contributed by atoms with E-state index < -0.39 is 29.2 Å². The smallest absolute Gasteiger partial charge is 0.332 e. The van der Waals surface area contributed by atoms with Crippen LogP contribution in [-0.4, -0.2) is 33.2 Å². The van der Waals surface area contributed by atoms with Crippen LogP contribution in [0.5, 0.6) is 0 Å². The van der Waals surface area contributed by atoms with Crippen LogP contribution in [-0.2, 0) is 14.4 Å². The Bertz CT molecular complexity index is 459. The summed E-state index contributed by atoms with van der Waals surface area (Å²) < 4.78 is 0. The van der Waals surface area contributed by atoms with E-state index >= 15 is 0 Å². The molecule has 3 N–H and O–H groups in total. The van der Waals surface area contributed by atoms with Crippen molar-refractivity contribution < 1.29 is 29.7 Å². The highest BCUT2D eigenvalue weighted by Crippen LogP contribution is 2.42. The van der Waals surface area contributed by atoms with E-state index in [1.54, 1.807) is 0 Å². The zero-order valence-corrected chi connectivity index (χ0v) is 9.30. The van der Waals surface area contributed by atoms with Crippen LogP contribution in [0.3, 0.4) is 0 Å². The monoisotopic (exact) mass is 240 g/mol. The van der Waals surface area contributed by atoms with Crippen LogP contribution in [0, 0.1) is 11.3 Å². The van der Waals surface area contributed by atoms with Crippen molar-refractivity contribution in [3.63, 3.8) is 0 Å². The molecule has 0 amide bonds. The van der Waals surface area contributed by atoms with Gasteiger partial charge >= 0.3 is 17.9 Å². The van der Waals surface area contributed by atoms with Gasteiger partial charge in [-0.05, 0) is 6.92 Å². The van der Waals surface area contributed by atoms with Gasteiger partial charge in [-0.2, -0.15) is 0 Å². The lowest BCUT2D eigenvalue weighted by molar-refractivity contribution is -0.151. The second-order valence-electron chi connectivity index (χ2n) is 4.04. The Morgan fingerprint density at radius 3 is 2.00 bits per heavy atom. The number of hydrogen-bond donors (Lipinski definition) is 3. The number of hydrogen-bond acceptors (Lipinski definition) is 3. The van der Waals surface area contributed by atoms with Gasteiger partial charge in [-0.1, -0.05) is 19.1 Å². The maximum atomic E-state index is 11.2.